The quantitative estimate of drug-likeness (QED) is 0.377. The van der Waals surface area contributed by atoms with Crippen molar-refractivity contribution in [3.63, 3.8) is 0 Å². The summed E-state index contributed by atoms with van der Waals surface area (Å²) in [4.78, 5) is 30.3. The third kappa shape index (κ3) is 3.24. The second kappa shape index (κ2) is 7.17. The van der Waals surface area contributed by atoms with Gasteiger partial charge >= 0.3 is 0 Å². The number of aromatic nitrogens is 2. The Hall–Kier alpha value is -4.33. The van der Waals surface area contributed by atoms with Gasteiger partial charge in [-0.1, -0.05) is 29.8 Å². The first kappa shape index (κ1) is 18.7. The van der Waals surface area contributed by atoms with Gasteiger partial charge in [0.1, 0.15) is 0 Å². The van der Waals surface area contributed by atoms with Gasteiger partial charge in [-0.15, -0.1) is 5.10 Å². The van der Waals surface area contributed by atoms with E-state index in [0.29, 0.717) is 34.7 Å². The Bertz CT molecular complexity index is 1410. The van der Waals surface area contributed by atoms with E-state index in [1.807, 2.05) is 48.2 Å². The number of benzene rings is 3. The Morgan fingerprint density at radius 2 is 1.68 bits per heavy atom. The van der Waals surface area contributed by atoms with Gasteiger partial charge < -0.3 is 4.90 Å². The van der Waals surface area contributed by atoms with Crippen LogP contribution >= 0.6 is 0 Å². The normalized spacial score (nSPS) is 13.1. The number of nitro groups is 1. The van der Waals surface area contributed by atoms with Crippen molar-refractivity contribution in [1.29, 1.82) is 0 Å². The van der Waals surface area contributed by atoms with Crippen LogP contribution in [0.25, 0.3) is 10.9 Å². The summed E-state index contributed by atoms with van der Waals surface area (Å²) >= 11 is 0. The molecular formula is C23H17N5O3. The van der Waals surface area contributed by atoms with Gasteiger partial charge in [0.15, 0.2) is 11.7 Å². The largest absolute Gasteiger partial charge is 0.317 e. The molecule has 0 fully saturated rings. The second-order valence-corrected chi connectivity index (χ2v) is 7.31. The molecule has 0 aliphatic carbocycles. The van der Waals surface area contributed by atoms with E-state index in [1.54, 1.807) is 24.3 Å². The second-order valence-electron chi connectivity index (χ2n) is 7.31. The Morgan fingerprint density at radius 1 is 0.968 bits per heavy atom. The molecule has 31 heavy (non-hydrogen) atoms. The minimum absolute atomic E-state index is 0.00715. The summed E-state index contributed by atoms with van der Waals surface area (Å²) in [5, 5.41) is 16.2. The average Bonchev–Trinajstić information content (AvgIpc) is 2.79. The number of para-hydroxylation sites is 1. The summed E-state index contributed by atoms with van der Waals surface area (Å²) in [6, 6.07) is 21.3. The molecule has 0 N–H and O–H groups in total. The number of amidine groups is 1. The standard InChI is InChI=1S/C23H17N5O3/c1-15-6-10-17(11-7-15)26-14-21-24-20-5-3-2-4-19(20)23(29)27(21)25-22(26)16-8-12-18(13-9-16)28(30)31/h2-13H,14H2,1H3. The van der Waals surface area contributed by atoms with Crippen molar-refractivity contribution in [1.82, 2.24) is 9.66 Å². The fraction of sp³-hybridized carbons (Fsp3) is 0.0870. The maximum Gasteiger partial charge on any atom is 0.282 e. The van der Waals surface area contributed by atoms with Crippen LogP contribution in [0.3, 0.4) is 0 Å². The van der Waals surface area contributed by atoms with Gasteiger partial charge in [-0.05, 0) is 43.3 Å². The molecule has 8 nitrogen and oxygen atoms in total. The van der Waals surface area contributed by atoms with Gasteiger partial charge in [0.25, 0.3) is 11.2 Å². The predicted molar refractivity (Wildman–Crippen MR) is 118 cm³/mol. The lowest BCUT2D eigenvalue weighted by Gasteiger charge is -2.30. The summed E-state index contributed by atoms with van der Waals surface area (Å²) < 4.78 is 1.32. The average molecular weight is 411 g/mol. The van der Waals surface area contributed by atoms with Crippen LogP contribution in [0.4, 0.5) is 11.4 Å². The van der Waals surface area contributed by atoms with Gasteiger partial charge in [-0.25, -0.2) is 4.98 Å². The van der Waals surface area contributed by atoms with E-state index in [1.165, 1.54) is 16.8 Å². The van der Waals surface area contributed by atoms with Crippen molar-refractivity contribution in [3.8, 4) is 0 Å². The lowest BCUT2D eigenvalue weighted by Crippen LogP contribution is -2.40. The molecule has 1 aliphatic rings. The SMILES string of the molecule is Cc1ccc(N2Cc3nc4ccccc4c(=O)n3N=C2c2ccc([N+](=O)[O-])cc2)cc1. The molecular weight excluding hydrogens is 394 g/mol. The molecule has 0 saturated carbocycles. The van der Waals surface area contributed by atoms with Crippen LogP contribution in [-0.2, 0) is 6.54 Å². The van der Waals surface area contributed by atoms with Crippen LogP contribution in [0.2, 0.25) is 0 Å². The first-order valence-corrected chi connectivity index (χ1v) is 9.70. The van der Waals surface area contributed by atoms with Crippen molar-refractivity contribution in [2.45, 2.75) is 13.5 Å². The highest BCUT2D eigenvalue weighted by atomic mass is 16.6. The lowest BCUT2D eigenvalue weighted by molar-refractivity contribution is -0.384. The number of rotatable bonds is 3. The molecule has 1 aromatic heterocycles. The highest BCUT2D eigenvalue weighted by molar-refractivity contribution is 6.10. The zero-order chi connectivity index (χ0) is 21.5. The number of non-ortho nitro benzene ring substituents is 1. The van der Waals surface area contributed by atoms with Crippen LogP contribution in [0.5, 0.6) is 0 Å². The molecule has 8 heteroatoms. The number of fused-ring (bicyclic) bond motifs is 2. The zero-order valence-electron chi connectivity index (χ0n) is 16.6. The van der Waals surface area contributed by atoms with Gasteiger partial charge in [0.05, 0.1) is 22.4 Å². The highest BCUT2D eigenvalue weighted by Crippen LogP contribution is 2.25. The Kier molecular flexibility index (Phi) is 4.32. The molecule has 152 valence electrons. The van der Waals surface area contributed by atoms with Crippen LogP contribution in [0, 0.1) is 17.0 Å². The van der Waals surface area contributed by atoms with Crippen molar-refractivity contribution >= 4 is 28.1 Å². The van der Waals surface area contributed by atoms with Crippen molar-refractivity contribution in [2.75, 3.05) is 4.90 Å². The number of hydrogen-bond acceptors (Lipinski definition) is 6. The topological polar surface area (TPSA) is 93.6 Å². The Morgan fingerprint density at radius 3 is 2.39 bits per heavy atom. The first-order valence-electron chi connectivity index (χ1n) is 9.70. The van der Waals surface area contributed by atoms with Crippen molar-refractivity contribution in [3.05, 3.63) is 110 Å². The summed E-state index contributed by atoms with van der Waals surface area (Å²) in [5.41, 5.74) is 3.04. The molecule has 0 amide bonds. The molecule has 0 atom stereocenters. The van der Waals surface area contributed by atoms with Crippen LogP contribution < -0.4 is 10.5 Å². The monoisotopic (exact) mass is 411 g/mol. The lowest BCUT2D eigenvalue weighted by atomic mass is 10.1. The number of hydrogen-bond donors (Lipinski definition) is 0. The maximum absolute atomic E-state index is 13.1. The van der Waals surface area contributed by atoms with Gasteiger partial charge in [-0.2, -0.15) is 4.68 Å². The van der Waals surface area contributed by atoms with Crippen molar-refractivity contribution in [2.24, 2.45) is 5.10 Å². The molecule has 3 aromatic carbocycles. The highest BCUT2D eigenvalue weighted by Gasteiger charge is 2.26. The van der Waals surface area contributed by atoms with E-state index < -0.39 is 4.92 Å². The van der Waals surface area contributed by atoms with Crippen LogP contribution in [0.15, 0.2) is 82.7 Å². The smallest absolute Gasteiger partial charge is 0.282 e. The maximum atomic E-state index is 13.1. The molecule has 0 spiro atoms. The summed E-state index contributed by atoms with van der Waals surface area (Å²) in [7, 11) is 0. The first-order chi connectivity index (χ1) is 15.0. The van der Waals surface area contributed by atoms with E-state index in [2.05, 4.69) is 10.1 Å². The molecule has 0 radical (unpaired) electrons. The molecule has 0 bridgehead atoms. The van der Waals surface area contributed by atoms with E-state index in [4.69, 9.17) is 0 Å². The van der Waals surface area contributed by atoms with E-state index in [9.17, 15) is 14.9 Å². The third-order valence-corrected chi connectivity index (χ3v) is 5.25. The number of nitro benzene ring substituents is 1. The predicted octanol–water partition coefficient (Wildman–Crippen LogP) is 3.84. The van der Waals surface area contributed by atoms with E-state index in [-0.39, 0.29) is 11.2 Å². The summed E-state index contributed by atoms with van der Waals surface area (Å²) in [6.45, 7) is 2.34. The van der Waals surface area contributed by atoms with Gasteiger partial charge in [0.2, 0.25) is 0 Å². The fourth-order valence-corrected chi connectivity index (χ4v) is 3.62. The summed E-state index contributed by atoms with van der Waals surface area (Å²) in [6.07, 6.45) is 0. The molecule has 0 unspecified atom stereocenters. The Balaban J connectivity index is 1.72. The van der Waals surface area contributed by atoms with E-state index >= 15 is 0 Å². The Labute approximate surface area is 176 Å². The number of anilines is 1. The van der Waals surface area contributed by atoms with Gasteiger partial charge in [-0.3, -0.25) is 14.9 Å². The number of nitrogens with zero attached hydrogens (tertiary/aromatic N) is 5. The minimum atomic E-state index is -0.444. The molecule has 5 rings (SSSR count). The van der Waals surface area contributed by atoms with Crippen molar-refractivity contribution < 1.29 is 4.92 Å². The third-order valence-electron chi connectivity index (χ3n) is 5.25. The molecule has 2 heterocycles. The molecule has 0 saturated heterocycles. The molecule has 4 aromatic rings. The van der Waals surface area contributed by atoms with Crippen LogP contribution in [-0.4, -0.2) is 20.4 Å². The molecule has 1 aliphatic heterocycles. The van der Waals surface area contributed by atoms with E-state index in [0.717, 1.165) is 11.3 Å². The minimum Gasteiger partial charge on any atom is -0.317 e. The number of aryl methyl sites for hydroxylation is 1. The fourth-order valence-electron chi connectivity index (χ4n) is 3.62. The van der Waals surface area contributed by atoms with Gasteiger partial charge in [0, 0.05) is 23.4 Å². The zero-order valence-corrected chi connectivity index (χ0v) is 16.6. The van der Waals surface area contributed by atoms with Crippen LogP contribution in [0.1, 0.15) is 17.0 Å². The summed E-state index contributed by atoms with van der Waals surface area (Å²) in [5.74, 6) is 1.04.